The van der Waals surface area contributed by atoms with E-state index in [1.807, 2.05) is 0 Å². The van der Waals surface area contributed by atoms with Gasteiger partial charge >= 0.3 is 0 Å². The molecule has 0 radical (unpaired) electrons. The second-order valence-corrected chi connectivity index (χ2v) is 2.82. The molecular formula is C8H18N2O3. The molecular weight excluding hydrogens is 172 g/mol. The Kier molecular flexibility index (Phi) is 7.57. The van der Waals surface area contributed by atoms with E-state index in [0.29, 0.717) is 19.5 Å². The van der Waals surface area contributed by atoms with Crippen molar-refractivity contribution in [2.45, 2.75) is 18.9 Å². The fraction of sp³-hybridized carbons (Fsp3) is 0.875. The molecule has 1 amide bonds. The monoisotopic (exact) mass is 190 g/mol. The molecule has 13 heavy (non-hydrogen) atoms. The highest BCUT2D eigenvalue weighted by Gasteiger charge is 2.00. The number of rotatable bonds is 7. The standard InChI is InChI=1S/C8H18N2O3/c1-9-8(13)3-2-4-10-5-7(12)6-11/h7,10-12H,2-6H2,1H3,(H,9,13). The first-order chi connectivity index (χ1) is 6.20. The molecule has 0 aromatic carbocycles. The van der Waals surface area contributed by atoms with Gasteiger partial charge in [0.1, 0.15) is 0 Å². The Morgan fingerprint density at radius 2 is 2.23 bits per heavy atom. The molecule has 5 nitrogen and oxygen atoms in total. The van der Waals surface area contributed by atoms with Crippen LogP contribution < -0.4 is 10.6 Å². The maximum Gasteiger partial charge on any atom is 0.219 e. The molecule has 0 aromatic rings. The van der Waals surface area contributed by atoms with Gasteiger partial charge in [-0.05, 0) is 13.0 Å². The number of hydrogen-bond donors (Lipinski definition) is 4. The van der Waals surface area contributed by atoms with Gasteiger partial charge in [0, 0.05) is 20.0 Å². The van der Waals surface area contributed by atoms with E-state index < -0.39 is 6.10 Å². The van der Waals surface area contributed by atoms with Gasteiger partial charge < -0.3 is 20.8 Å². The van der Waals surface area contributed by atoms with E-state index in [9.17, 15) is 4.79 Å². The summed E-state index contributed by atoms with van der Waals surface area (Å²) in [6.07, 6.45) is 0.510. The lowest BCUT2D eigenvalue weighted by molar-refractivity contribution is -0.120. The lowest BCUT2D eigenvalue weighted by Crippen LogP contribution is -2.30. The predicted molar refractivity (Wildman–Crippen MR) is 49.3 cm³/mol. The number of hydrogen-bond acceptors (Lipinski definition) is 4. The lowest BCUT2D eigenvalue weighted by atomic mass is 10.3. The van der Waals surface area contributed by atoms with Crippen LogP contribution in [0, 0.1) is 0 Å². The summed E-state index contributed by atoms with van der Waals surface area (Å²) in [4.78, 5) is 10.7. The van der Waals surface area contributed by atoms with Crippen molar-refractivity contribution in [2.75, 3.05) is 26.7 Å². The number of aliphatic hydroxyl groups is 2. The normalized spacial score (nSPS) is 12.5. The summed E-state index contributed by atoms with van der Waals surface area (Å²) in [7, 11) is 1.60. The molecule has 78 valence electrons. The minimum atomic E-state index is -0.708. The van der Waals surface area contributed by atoms with Crippen molar-refractivity contribution < 1.29 is 15.0 Å². The van der Waals surface area contributed by atoms with Crippen molar-refractivity contribution in [1.82, 2.24) is 10.6 Å². The average Bonchev–Trinajstić information content (AvgIpc) is 2.16. The van der Waals surface area contributed by atoms with Gasteiger partial charge in [-0.1, -0.05) is 0 Å². The van der Waals surface area contributed by atoms with Crippen molar-refractivity contribution >= 4 is 5.91 Å². The van der Waals surface area contributed by atoms with E-state index in [1.165, 1.54) is 0 Å². The van der Waals surface area contributed by atoms with Crippen LogP contribution in [0.1, 0.15) is 12.8 Å². The molecule has 1 unspecified atom stereocenters. The summed E-state index contributed by atoms with van der Waals surface area (Å²) in [6.45, 7) is 0.803. The molecule has 4 N–H and O–H groups in total. The number of carbonyl (C=O) groups is 1. The SMILES string of the molecule is CNC(=O)CCCNCC(O)CO. The molecule has 0 aromatic heterocycles. The van der Waals surface area contributed by atoms with E-state index >= 15 is 0 Å². The van der Waals surface area contributed by atoms with E-state index in [-0.39, 0.29) is 12.5 Å². The topological polar surface area (TPSA) is 81.6 Å². The van der Waals surface area contributed by atoms with Gasteiger partial charge in [0.25, 0.3) is 0 Å². The van der Waals surface area contributed by atoms with Crippen LogP contribution in [0.25, 0.3) is 0 Å². The largest absolute Gasteiger partial charge is 0.394 e. The highest BCUT2D eigenvalue weighted by Crippen LogP contribution is 1.86. The summed E-state index contributed by atoms with van der Waals surface area (Å²) in [6, 6.07) is 0. The van der Waals surface area contributed by atoms with Crippen LogP contribution in [0.3, 0.4) is 0 Å². The molecule has 1 atom stereocenters. The van der Waals surface area contributed by atoms with Gasteiger partial charge in [0.15, 0.2) is 0 Å². The Bertz CT molecular complexity index is 141. The molecule has 0 rings (SSSR count). The second kappa shape index (κ2) is 7.97. The average molecular weight is 190 g/mol. The van der Waals surface area contributed by atoms with Crippen LogP contribution in [0.4, 0.5) is 0 Å². The Balaban J connectivity index is 3.12. The molecule has 0 saturated heterocycles. The zero-order valence-corrected chi connectivity index (χ0v) is 7.92. The first-order valence-electron chi connectivity index (χ1n) is 4.41. The van der Waals surface area contributed by atoms with Gasteiger partial charge in [-0.2, -0.15) is 0 Å². The van der Waals surface area contributed by atoms with Crippen molar-refractivity contribution in [3.8, 4) is 0 Å². The molecule has 0 bridgehead atoms. The third kappa shape index (κ3) is 7.70. The maximum absolute atomic E-state index is 10.7. The Labute approximate surface area is 78.1 Å². The number of amides is 1. The van der Waals surface area contributed by atoms with E-state index in [2.05, 4.69) is 10.6 Å². The summed E-state index contributed by atoms with van der Waals surface area (Å²) in [5.41, 5.74) is 0. The highest BCUT2D eigenvalue weighted by atomic mass is 16.3. The van der Waals surface area contributed by atoms with Crippen LogP contribution >= 0.6 is 0 Å². The summed E-state index contributed by atoms with van der Waals surface area (Å²) in [5.74, 6) is 0.0181. The van der Waals surface area contributed by atoms with Crippen molar-refractivity contribution in [3.05, 3.63) is 0 Å². The Morgan fingerprint density at radius 1 is 1.54 bits per heavy atom. The Hall–Kier alpha value is -0.650. The zero-order valence-electron chi connectivity index (χ0n) is 7.92. The number of carbonyl (C=O) groups excluding carboxylic acids is 1. The maximum atomic E-state index is 10.7. The van der Waals surface area contributed by atoms with Crippen LogP contribution in [0.15, 0.2) is 0 Å². The first-order valence-corrected chi connectivity index (χ1v) is 4.41. The molecule has 0 aliphatic rings. The van der Waals surface area contributed by atoms with Gasteiger partial charge in [-0.15, -0.1) is 0 Å². The molecule has 0 spiro atoms. The fourth-order valence-corrected chi connectivity index (χ4v) is 0.832. The fourth-order valence-electron chi connectivity index (χ4n) is 0.832. The van der Waals surface area contributed by atoms with Gasteiger partial charge in [0.2, 0.25) is 5.91 Å². The summed E-state index contributed by atoms with van der Waals surface area (Å²) >= 11 is 0. The summed E-state index contributed by atoms with van der Waals surface area (Å²) < 4.78 is 0. The second-order valence-electron chi connectivity index (χ2n) is 2.82. The smallest absolute Gasteiger partial charge is 0.219 e. The predicted octanol–water partition coefficient (Wildman–Crippen LogP) is -1.54. The van der Waals surface area contributed by atoms with Crippen LogP contribution in [0.2, 0.25) is 0 Å². The summed E-state index contributed by atoms with van der Waals surface area (Å²) in [5, 5.41) is 22.8. The van der Waals surface area contributed by atoms with Crippen molar-refractivity contribution in [2.24, 2.45) is 0 Å². The minimum absolute atomic E-state index is 0.0181. The first kappa shape index (κ1) is 12.3. The quantitative estimate of drug-likeness (QED) is 0.367. The number of nitrogens with one attached hydrogen (secondary N) is 2. The lowest BCUT2D eigenvalue weighted by Gasteiger charge is -2.07. The van der Waals surface area contributed by atoms with E-state index in [0.717, 1.165) is 6.42 Å². The van der Waals surface area contributed by atoms with Crippen molar-refractivity contribution in [1.29, 1.82) is 0 Å². The number of aliphatic hydroxyl groups excluding tert-OH is 2. The molecule has 0 aliphatic heterocycles. The van der Waals surface area contributed by atoms with Crippen LogP contribution in [-0.4, -0.2) is 49.0 Å². The molecule has 0 aliphatic carbocycles. The third-order valence-corrected chi connectivity index (χ3v) is 1.63. The highest BCUT2D eigenvalue weighted by molar-refractivity contribution is 5.75. The van der Waals surface area contributed by atoms with Gasteiger partial charge in [-0.3, -0.25) is 4.79 Å². The molecule has 0 heterocycles. The molecule has 0 saturated carbocycles. The Morgan fingerprint density at radius 3 is 2.77 bits per heavy atom. The van der Waals surface area contributed by atoms with Crippen LogP contribution in [0.5, 0.6) is 0 Å². The van der Waals surface area contributed by atoms with Crippen molar-refractivity contribution in [3.63, 3.8) is 0 Å². The third-order valence-electron chi connectivity index (χ3n) is 1.63. The zero-order chi connectivity index (χ0) is 10.1. The van der Waals surface area contributed by atoms with E-state index in [4.69, 9.17) is 10.2 Å². The van der Waals surface area contributed by atoms with Gasteiger partial charge in [-0.25, -0.2) is 0 Å². The van der Waals surface area contributed by atoms with Crippen LogP contribution in [-0.2, 0) is 4.79 Å². The molecule has 5 heteroatoms. The molecule has 0 fully saturated rings. The van der Waals surface area contributed by atoms with Gasteiger partial charge in [0.05, 0.1) is 12.7 Å². The van der Waals surface area contributed by atoms with E-state index in [1.54, 1.807) is 7.05 Å². The minimum Gasteiger partial charge on any atom is -0.394 e.